The van der Waals surface area contributed by atoms with Crippen LogP contribution in [0.1, 0.15) is 64.7 Å². The van der Waals surface area contributed by atoms with Crippen LogP contribution in [0.25, 0.3) is 0 Å². The Bertz CT molecular complexity index is 265. The quantitative estimate of drug-likeness (QED) is 0.647. The summed E-state index contributed by atoms with van der Waals surface area (Å²) in [5, 5.41) is 8.93. The fourth-order valence-corrected chi connectivity index (χ4v) is 3.34. The zero-order valence-corrected chi connectivity index (χ0v) is 13.0. The largest absolute Gasteiger partial charge is 0.396 e. The van der Waals surface area contributed by atoms with Crippen LogP contribution in [-0.2, 0) is 4.79 Å². The van der Waals surface area contributed by atoms with E-state index in [1.165, 1.54) is 12.8 Å². The third-order valence-corrected chi connectivity index (χ3v) is 4.43. The molecule has 1 fully saturated rings. The molecule has 20 heavy (non-hydrogen) atoms. The minimum absolute atomic E-state index is 0.230. The minimum Gasteiger partial charge on any atom is -0.396 e. The van der Waals surface area contributed by atoms with Gasteiger partial charge in [0.15, 0.2) is 0 Å². The van der Waals surface area contributed by atoms with Crippen molar-refractivity contribution in [3.05, 3.63) is 0 Å². The minimum atomic E-state index is 0.230. The lowest BCUT2D eigenvalue weighted by atomic mass is 9.94. The first-order valence-corrected chi connectivity index (χ1v) is 8.33. The van der Waals surface area contributed by atoms with Gasteiger partial charge >= 0.3 is 0 Å². The van der Waals surface area contributed by atoms with Crippen molar-refractivity contribution < 1.29 is 9.90 Å². The summed E-state index contributed by atoms with van der Waals surface area (Å²) in [5.74, 6) is 0.913. The van der Waals surface area contributed by atoms with Gasteiger partial charge in [-0.15, -0.1) is 0 Å². The van der Waals surface area contributed by atoms with E-state index in [-0.39, 0.29) is 6.61 Å². The Kier molecular flexibility index (Phi) is 8.86. The molecule has 0 spiro atoms. The van der Waals surface area contributed by atoms with Crippen LogP contribution in [0.2, 0.25) is 0 Å². The maximum absolute atomic E-state index is 12.4. The van der Waals surface area contributed by atoms with Crippen molar-refractivity contribution in [3.8, 4) is 0 Å². The first-order valence-electron chi connectivity index (χ1n) is 8.33. The van der Waals surface area contributed by atoms with E-state index >= 15 is 0 Å². The molecule has 0 aromatic heterocycles. The summed E-state index contributed by atoms with van der Waals surface area (Å²) in [6.07, 6.45) is 9.00. The van der Waals surface area contributed by atoms with E-state index in [4.69, 9.17) is 10.8 Å². The topological polar surface area (TPSA) is 66.6 Å². The van der Waals surface area contributed by atoms with Gasteiger partial charge in [0, 0.05) is 25.6 Å². The van der Waals surface area contributed by atoms with Gasteiger partial charge in [0.1, 0.15) is 0 Å². The Hall–Kier alpha value is -0.610. The molecule has 1 amide bonds. The second kappa shape index (κ2) is 10.2. The number of nitrogens with two attached hydrogens (primary N) is 1. The monoisotopic (exact) mass is 284 g/mol. The number of carbonyl (C=O) groups is 1. The van der Waals surface area contributed by atoms with Gasteiger partial charge in [-0.2, -0.15) is 0 Å². The van der Waals surface area contributed by atoms with E-state index in [9.17, 15) is 4.79 Å². The summed E-state index contributed by atoms with van der Waals surface area (Å²) in [5.41, 5.74) is 5.65. The van der Waals surface area contributed by atoms with Crippen LogP contribution < -0.4 is 5.73 Å². The fraction of sp³-hybridized carbons (Fsp3) is 0.938. The first kappa shape index (κ1) is 17.4. The SMILES string of the molecule is CCCC(CCN)CCC(=O)N1CCCC1CCCO. The smallest absolute Gasteiger partial charge is 0.222 e. The van der Waals surface area contributed by atoms with Crippen LogP contribution in [-0.4, -0.2) is 41.7 Å². The third kappa shape index (κ3) is 5.80. The van der Waals surface area contributed by atoms with E-state index in [2.05, 4.69) is 11.8 Å². The second-order valence-electron chi connectivity index (χ2n) is 6.02. The highest BCUT2D eigenvalue weighted by atomic mass is 16.3. The number of carbonyl (C=O) groups excluding carboxylic acids is 1. The van der Waals surface area contributed by atoms with Gasteiger partial charge in [-0.3, -0.25) is 4.79 Å². The molecule has 0 radical (unpaired) electrons. The highest BCUT2D eigenvalue weighted by molar-refractivity contribution is 5.76. The number of hydrogen-bond donors (Lipinski definition) is 2. The fourth-order valence-electron chi connectivity index (χ4n) is 3.34. The standard InChI is InChI=1S/C16H32N2O2/c1-2-5-14(10-11-17)8-9-16(20)18-12-3-6-15(18)7-4-13-19/h14-15,19H,2-13,17H2,1H3. The lowest BCUT2D eigenvalue weighted by Crippen LogP contribution is -2.35. The molecule has 1 aliphatic heterocycles. The summed E-state index contributed by atoms with van der Waals surface area (Å²) >= 11 is 0. The number of aliphatic hydroxyl groups excluding tert-OH is 1. The summed E-state index contributed by atoms with van der Waals surface area (Å²) < 4.78 is 0. The maximum Gasteiger partial charge on any atom is 0.222 e. The van der Waals surface area contributed by atoms with Crippen LogP contribution in [0.5, 0.6) is 0 Å². The number of nitrogens with zero attached hydrogens (tertiary/aromatic N) is 1. The van der Waals surface area contributed by atoms with E-state index in [1.807, 2.05) is 0 Å². The molecule has 4 nitrogen and oxygen atoms in total. The van der Waals surface area contributed by atoms with Crippen molar-refractivity contribution >= 4 is 5.91 Å². The Balaban J connectivity index is 2.36. The van der Waals surface area contributed by atoms with E-state index in [0.29, 0.717) is 24.3 Å². The normalized spacial score (nSPS) is 20.4. The van der Waals surface area contributed by atoms with Crippen LogP contribution in [0.4, 0.5) is 0 Å². The molecule has 0 aromatic carbocycles. The second-order valence-corrected chi connectivity index (χ2v) is 6.02. The Morgan fingerprint density at radius 2 is 2.20 bits per heavy atom. The van der Waals surface area contributed by atoms with Crippen LogP contribution in [0, 0.1) is 5.92 Å². The van der Waals surface area contributed by atoms with Gasteiger partial charge < -0.3 is 15.7 Å². The van der Waals surface area contributed by atoms with Gasteiger partial charge in [-0.1, -0.05) is 19.8 Å². The van der Waals surface area contributed by atoms with Crippen molar-refractivity contribution in [1.82, 2.24) is 4.90 Å². The Morgan fingerprint density at radius 1 is 1.40 bits per heavy atom. The van der Waals surface area contributed by atoms with E-state index < -0.39 is 0 Å². The average Bonchev–Trinajstić information content (AvgIpc) is 2.91. The summed E-state index contributed by atoms with van der Waals surface area (Å²) in [6, 6.07) is 0.369. The van der Waals surface area contributed by atoms with E-state index in [1.54, 1.807) is 0 Å². The van der Waals surface area contributed by atoms with Gasteiger partial charge in [0.2, 0.25) is 5.91 Å². The molecule has 1 saturated heterocycles. The molecule has 0 aliphatic carbocycles. The lowest BCUT2D eigenvalue weighted by Gasteiger charge is -2.25. The highest BCUT2D eigenvalue weighted by Gasteiger charge is 2.28. The van der Waals surface area contributed by atoms with Crippen LogP contribution in [0.3, 0.4) is 0 Å². The molecular weight excluding hydrogens is 252 g/mol. The van der Waals surface area contributed by atoms with Gasteiger partial charge in [0.05, 0.1) is 0 Å². The molecule has 0 saturated carbocycles. The molecule has 118 valence electrons. The van der Waals surface area contributed by atoms with Crippen LogP contribution in [0.15, 0.2) is 0 Å². The van der Waals surface area contributed by atoms with Gasteiger partial charge in [-0.05, 0) is 51.0 Å². The molecule has 1 rings (SSSR count). The van der Waals surface area contributed by atoms with Crippen molar-refractivity contribution in [2.45, 2.75) is 70.8 Å². The summed E-state index contributed by atoms with van der Waals surface area (Å²) in [4.78, 5) is 14.4. The zero-order chi connectivity index (χ0) is 14.8. The van der Waals surface area contributed by atoms with Crippen molar-refractivity contribution in [3.63, 3.8) is 0 Å². The number of likely N-dealkylation sites (tertiary alicyclic amines) is 1. The van der Waals surface area contributed by atoms with Crippen molar-refractivity contribution in [1.29, 1.82) is 0 Å². The van der Waals surface area contributed by atoms with Gasteiger partial charge in [-0.25, -0.2) is 0 Å². The maximum atomic E-state index is 12.4. The predicted molar refractivity (Wildman–Crippen MR) is 82.4 cm³/mol. The van der Waals surface area contributed by atoms with Crippen molar-refractivity contribution in [2.24, 2.45) is 11.7 Å². The molecule has 0 bridgehead atoms. The molecule has 2 atom stereocenters. The number of aliphatic hydroxyl groups is 1. The van der Waals surface area contributed by atoms with Crippen molar-refractivity contribution in [2.75, 3.05) is 19.7 Å². The summed E-state index contributed by atoms with van der Waals surface area (Å²) in [6.45, 7) is 4.05. The molecule has 1 aliphatic rings. The molecular formula is C16H32N2O2. The Labute approximate surface area is 123 Å². The lowest BCUT2D eigenvalue weighted by molar-refractivity contribution is -0.132. The number of hydrogen-bond acceptors (Lipinski definition) is 3. The Morgan fingerprint density at radius 3 is 2.85 bits per heavy atom. The molecule has 4 heteroatoms. The molecule has 0 aromatic rings. The number of rotatable bonds is 10. The molecule has 1 heterocycles. The average molecular weight is 284 g/mol. The molecule has 2 unspecified atom stereocenters. The summed E-state index contributed by atoms with van der Waals surface area (Å²) in [7, 11) is 0. The first-order chi connectivity index (χ1) is 9.72. The molecule has 3 N–H and O–H groups in total. The van der Waals surface area contributed by atoms with Gasteiger partial charge in [0.25, 0.3) is 0 Å². The van der Waals surface area contributed by atoms with Crippen LogP contribution >= 0.6 is 0 Å². The highest BCUT2D eigenvalue weighted by Crippen LogP contribution is 2.24. The number of amides is 1. The third-order valence-electron chi connectivity index (χ3n) is 4.43. The predicted octanol–water partition coefficient (Wildman–Crippen LogP) is 2.30. The van der Waals surface area contributed by atoms with E-state index in [0.717, 1.165) is 51.6 Å². The zero-order valence-electron chi connectivity index (χ0n) is 13.0.